The molecule has 0 atom stereocenters. The van der Waals surface area contributed by atoms with Gasteiger partial charge in [0.25, 0.3) is 0 Å². The average Bonchev–Trinajstić information content (AvgIpc) is 2.92. The SMILES string of the molecule is COC(=O)/C(C#N)=C\c1ccc(-c2cccc(Cl)c2)o1. The molecule has 0 spiro atoms. The van der Waals surface area contributed by atoms with Gasteiger partial charge < -0.3 is 9.15 Å². The number of benzene rings is 1. The zero-order chi connectivity index (χ0) is 14.5. The molecule has 1 aromatic heterocycles. The van der Waals surface area contributed by atoms with Crippen LogP contribution in [-0.4, -0.2) is 13.1 Å². The molecule has 4 nitrogen and oxygen atoms in total. The summed E-state index contributed by atoms with van der Waals surface area (Å²) in [5, 5.41) is 9.47. The highest BCUT2D eigenvalue weighted by Gasteiger charge is 2.10. The van der Waals surface area contributed by atoms with Crippen molar-refractivity contribution < 1.29 is 13.9 Å². The minimum Gasteiger partial charge on any atom is -0.465 e. The number of rotatable bonds is 3. The fourth-order valence-electron chi connectivity index (χ4n) is 1.62. The van der Waals surface area contributed by atoms with E-state index in [4.69, 9.17) is 21.3 Å². The first-order valence-electron chi connectivity index (χ1n) is 5.70. The van der Waals surface area contributed by atoms with Crippen molar-refractivity contribution in [3.8, 4) is 17.4 Å². The van der Waals surface area contributed by atoms with Crippen LogP contribution in [0.25, 0.3) is 17.4 Å². The number of ether oxygens (including phenoxy) is 1. The van der Waals surface area contributed by atoms with Crippen molar-refractivity contribution in [2.45, 2.75) is 0 Å². The Kier molecular flexibility index (Phi) is 4.24. The van der Waals surface area contributed by atoms with Gasteiger partial charge in [0.2, 0.25) is 0 Å². The van der Waals surface area contributed by atoms with Crippen LogP contribution in [0.2, 0.25) is 5.02 Å². The molecule has 0 N–H and O–H groups in total. The Labute approximate surface area is 120 Å². The Morgan fingerprint density at radius 1 is 1.40 bits per heavy atom. The minimum atomic E-state index is -0.701. The lowest BCUT2D eigenvalue weighted by molar-refractivity contribution is -0.135. The molecule has 2 aromatic rings. The minimum absolute atomic E-state index is 0.125. The van der Waals surface area contributed by atoms with Crippen molar-refractivity contribution in [1.82, 2.24) is 0 Å². The zero-order valence-electron chi connectivity index (χ0n) is 10.6. The summed E-state index contributed by atoms with van der Waals surface area (Å²) in [5.41, 5.74) is 0.688. The number of nitriles is 1. The summed E-state index contributed by atoms with van der Waals surface area (Å²) in [6.07, 6.45) is 1.33. The van der Waals surface area contributed by atoms with E-state index in [2.05, 4.69) is 4.74 Å². The van der Waals surface area contributed by atoms with E-state index in [1.54, 1.807) is 30.3 Å². The predicted molar refractivity (Wildman–Crippen MR) is 74.8 cm³/mol. The summed E-state index contributed by atoms with van der Waals surface area (Å²) in [5.74, 6) is 0.288. The third-order valence-corrected chi connectivity index (χ3v) is 2.78. The van der Waals surface area contributed by atoms with Crippen molar-refractivity contribution in [1.29, 1.82) is 5.26 Å². The Morgan fingerprint density at radius 3 is 2.85 bits per heavy atom. The summed E-state index contributed by atoms with van der Waals surface area (Å²) in [7, 11) is 1.22. The van der Waals surface area contributed by atoms with Gasteiger partial charge in [-0.3, -0.25) is 0 Å². The summed E-state index contributed by atoms with van der Waals surface area (Å²) in [6, 6.07) is 12.4. The van der Waals surface area contributed by atoms with Crippen LogP contribution in [0.15, 0.2) is 46.4 Å². The number of halogens is 1. The number of hydrogen-bond donors (Lipinski definition) is 0. The molecule has 100 valence electrons. The first kappa shape index (κ1) is 13.9. The standard InChI is InChI=1S/C15H10ClNO3/c1-19-15(18)11(9-17)8-13-5-6-14(20-13)10-3-2-4-12(16)7-10/h2-8H,1H3/b11-8-. The van der Waals surface area contributed by atoms with Crippen molar-refractivity contribution in [3.05, 3.63) is 52.8 Å². The molecule has 0 saturated heterocycles. The molecule has 0 aliphatic rings. The second-order valence-corrected chi connectivity index (χ2v) is 4.31. The first-order chi connectivity index (χ1) is 9.63. The van der Waals surface area contributed by atoms with Gasteiger partial charge in [-0.1, -0.05) is 23.7 Å². The Morgan fingerprint density at radius 2 is 2.20 bits per heavy atom. The monoisotopic (exact) mass is 287 g/mol. The molecule has 0 aliphatic carbocycles. The molecular weight excluding hydrogens is 278 g/mol. The largest absolute Gasteiger partial charge is 0.465 e. The van der Waals surface area contributed by atoms with E-state index in [1.165, 1.54) is 13.2 Å². The van der Waals surface area contributed by atoms with Crippen LogP contribution in [0.1, 0.15) is 5.76 Å². The van der Waals surface area contributed by atoms with E-state index in [1.807, 2.05) is 12.1 Å². The maximum Gasteiger partial charge on any atom is 0.348 e. The van der Waals surface area contributed by atoms with Crippen molar-refractivity contribution in [2.24, 2.45) is 0 Å². The fraction of sp³-hybridized carbons (Fsp3) is 0.0667. The molecule has 0 fully saturated rings. The molecule has 0 aliphatic heterocycles. The van der Waals surface area contributed by atoms with Crippen LogP contribution >= 0.6 is 11.6 Å². The second-order valence-electron chi connectivity index (χ2n) is 3.87. The van der Waals surface area contributed by atoms with Crippen LogP contribution in [0, 0.1) is 11.3 Å². The van der Waals surface area contributed by atoms with Crippen LogP contribution in [0.4, 0.5) is 0 Å². The molecular formula is C15H10ClNO3. The van der Waals surface area contributed by atoms with E-state index in [-0.39, 0.29) is 5.57 Å². The number of hydrogen-bond acceptors (Lipinski definition) is 4. The number of esters is 1. The van der Waals surface area contributed by atoms with E-state index < -0.39 is 5.97 Å². The highest BCUT2D eigenvalue weighted by Crippen LogP contribution is 2.25. The molecule has 2 rings (SSSR count). The van der Waals surface area contributed by atoms with Gasteiger partial charge in [0, 0.05) is 16.7 Å². The lowest BCUT2D eigenvalue weighted by Gasteiger charge is -1.97. The molecule has 0 amide bonds. The van der Waals surface area contributed by atoms with E-state index >= 15 is 0 Å². The van der Waals surface area contributed by atoms with Gasteiger partial charge in [-0.25, -0.2) is 4.79 Å². The summed E-state index contributed by atoms with van der Waals surface area (Å²) in [6.45, 7) is 0. The molecule has 5 heteroatoms. The van der Waals surface area contributed by atoms with Gasteiger partial charge in [-0.15, -0.1) is 0 Å². The van der Waals surface area contributed by atoms with Crippen molar-refractivity contribution >= 4 is 23.6 Å². The summed E-state index contributed by atoms with van der Waals surface area (Å²) < 4.78 is 10.1. The molecule has 0 radical (unpaired) electrons. The zero-order valence-corrected chi connectivity index (χ0v) is 11.3. The Bertz CT molecular complexity index is 710. The van der Waals surface area contributed by atoms with Gasteiger partial charge in [0.15, 0.2) is 0 Å². The van der Waals surface area contributed by atoms with Gasteiger partial charge in [-0.05, 0) is 24.3 Å². The van der Waals surface area contributed by atoms with E-state index in [0.29, 0.717) is 16.5 Å². The Balaban J connectivity index is 2.32. The van der Waals surface area contributed by atoms with Crippen LogP contribution < -0.4 is 0 Å². The lowest BCUT2D eigenvalue weighted by atomic mass is 10.2. The number of carbonyl (C=O) groups is 1. The number of furan rings is 1. The maximum atomic E-state index is 11.3. The first-order valence-corrected chi connectivity index (χ1v) is 6.07. The van der Waals surface area contributed by atoms with Gasteiger partial charge in [0.1, 0.15) is 23.2 Å². The van der Waals surface area contributed by atoms with Gasteiger partial charge >= 0.3 is 5.97 Å². The molecule has 0 bridgehead atoms. The smallest absolute Gasteiger partial charge is 0.348 e. The third kappa shape index (κ3) is 3.08. The summed E-state index contributed by atoms with van der Waals surface area (Å²) in [4.78, 5) is 11.3. The molecule has 0 unspecified atom stereocenters. The van der Waals surface area contributed by atoms with Crippen LogP contribution in [0.3, 0.4) is 0 Å². The van der Waals surface area contributed by atoms with Crippen molar-refractivity contribution in [2.75, 3.05) is 7.11 Å². The number of carbonyl (C=O) groups excluding carboxylic acids is 1. The highest BCUT2D eigenvalue weighted by atomic mass is 35.5. The quantitative estimate of drug-likeness (QED) is 0.491. The Hall–Kier alpha value is -2.51. The van der Waals surface area contributed by atoms with E-state index in [9.17, 15) is 4.79 Å². The maximum absolute atomic E-state index is 11.3. The van der Waals surface area contributed by atoms with E-state index in [0.717, 1.165) is 5.56 Å². The molecule has 1 heterocycles. The number of nitrogens with zero attached hydrogens (tertiary/aromatic N) is 1. The third-order valence-electron chi connectivity index (χ3n) is 2.55. The molecule has 1 aromatic carbocycles. The van der Waals surface area contributed by atoms with Crippen LogP contribution in [0.5, 0.6) is 0 Å². The predicted octanol–water partition coefficient (Wildman–Crippen LogP) is 3.68. The van der Waals surface area contributed by atoms with Gasteiger partial charge in [-0.2, -0.15) is 5.26 Å². The van der Waals surface area contributed by atoms with Crippen molar-refractivity contribution in [3.63, 3.8) is 0 Å². The normalized spacial score (nSPS) is 10.9. The molecule has 0 saturated carbocycles. The summed E-state index contributed by atoms with van der Waals surface area (Å²) >= 11 is 5.91. The number of methoxy groups -OCH3 is 1. The van der Waals surface area contributed by atoms with Gasteiger partial charge in [0.05, 0.1) is 7.11 Å². The molecule has 20 heavy (non-hydrogen) atoms. The lowest BCUT2D eigenvalue weighted by Crippen LogP contribution is -2.02. The highest BCUT2D eigenvalue weighted by molar-refractivity contribution is 6.30. The fourth-order valence-corrected chi connectivity index (χ4v) is 1.81. The average molecular weight is 288 g/mol. The second kappa shape index (κ2) is 6.09. The topological polar surface area (TPSA) is 63.2 Å². The van der Waals surface area contributed by atoms with Crippen LogP contribution in [-0.2, 0) is 9.53 Å².